The molecule has 19 heavy (non-hydrogen) atoms. The van der Waals surface area contributed by atoms with Crippen LogP contribution in [0.25, 0.3) is 0 Å². The van der Waals surface area contributed by atoms with Gasteiger partial charge in [0, 0.05) is 19.0 Å². The molecule has 1 N–H and O–H groups in total. The van der Waals surface area contributed by atoms with Crippen LogP contribution in [0.15, 0.2) is 29.2 Å². The summed E-state index contributed by atoms with van der Waals surface area (Å²) in [4.78, 5) is 22.1. The predicted molar refractivity (Wildman–Crippen MR) is 76.3 cm³/mol. The molecule has 0 spiro atoms. The van der Waals surface area contributed by atoms with Crippen molar-refractivity contribution < 1.29 is 4.79 Å². The van der Waals surface area contributed by atoms with E-state index in [1.165, 1.54) is 11.3 Å². The molecule has 0 bridgehead atoms. The lowest BCUT2D eigenvalue weighted by atomic mass is 10.3. The van der Waals surface area contributed by atoms with Crippen molar-refractivity contribution in [1.82, 2.24) is 14.9 Å². The van der Waals surface area contributed by atoms with E-state index in [9.17, 15) is 4.79 Å². The topological polar surface area (TPSA) is 58.1 Å². The normalized spacial score (nSPS) is 10.2. The number of anilines is 1. The van der Waals surface area contributed by atoms with Crippen LogP contribution >= 0.6 is 11.3 Å². The molecular formula is C13H16N4OS. The first-order valence-electron chi connectivity index (χ1n) is 6.03. The van der Waals surface area contributed by atoms with E-state index in [1.54, 1.807) is 29.7 Å². The smallest absolute Gasteiger partial charge is 0.272 e. The minimum atomic E-state index is -0.101. The van der Waals surface area contributed by atoms with Gasteiger partial charge < -0.3 is 10.2 Å². The molecule has 2 aromatic heterocycles. The van der Waals surface area contributed by atoms with Crippen LogP contribution in [0, 0.1) is 0 Å². The van der Waals surface area contributed by atoms with Crippen molar-refractivity contribution >= 4 is 22.9 Å². The van der Waals surface area contributed by atoms with E-state index in [0.29, 0.717) is 12.2 Å². The van der Waals surface area contributed by atoms with E-state index >= 15 is 0 Å². The van der Waals surface area contributed by atoms with Crippen LogP contribution in [-0.2, 0) is 6.54 Å². The molecule has 2 heterocycles. The van der Waals surface area contributed by atoms with Gasteiger partial charge in [-0.05, 0) is 19.1 Å². The zero-order valence-electron chi connectivity index (χ0n) is 11.0. The molecule has 0 saturated heterocycles. The van der Waals surface area contributed by atoms with Crippen LogP contribution in [0.4, 0.5) is 5.69 Å². The molecule has 6 heteroatoms. The van der Waals surface area contributed by atoms with Gasteiger partial charge in [0.2, 0.25) is 0 Å². The highest BCUT2D eigenvalue weighted by Crippen LogP contribution is 2.10. The highest BCUT2D eigenvalue weighted by atomic mass is 32.1. The molecule has 5 nitrogen and oxygen atoms in total. The summed E-state index contributed by atoms with van der Waals surface area (Å²) in [5.41, 5.74) is 4.02. The summed E-state index contributed by atoms with van der Waals surface area (Å²) in [5.74, 6) is -0.101. The summed E-state index contributed by atoms with van der Waals surface area (Å²) in [6.07, 6.45) is 1.67. The Kier molecular flexibility index (Phi) is 4.46. The van der Waals surface area contributed by atoms with Gasteiger partial charge in [-0.3, -0.25) is 4.79 Å². The molecule has 1 amide bonds. The monoisotopic (exact) mass is 276 g/mol. The van der Waals surface area contributed by atoms with Crippen molar-refractivity contribution in [2.45, 2.75) is 13.5 Å². The summed E-state index contributed by atoms with van der Waals surface area (Å²) >= 11 is 1.52. The van der Waals surface area contributed by atoms with Gasteiger partial charge in [-0.2, -0.15) is 0 Å². The molecule has 2 rings (SSSR count). The van der Waals surface area contributed by atoms with E-state index in [-0.39, 0.29) is 5.91 Å². The lowest BCUT2D eigenvalue weighted by molar-refractivity contribution is 0.0778. The third kappa shape index (κ3) is 3.51. The average molecular weight is 276 g/mol. The van der Waals surface area contributed by atoms with Crippen LogP contribution in [0.3, 0.4) is 0 Å². The van der Waals surface area contributed by atoms with Gasteiger partial charge >= 0.3 is 0 Å². The molecule has 0 saturated carbocycles. The third-order valence-electron chi connectivity index (χ3n) is 2.59. The van der Waals surface area contributed by atoms with Gasteiger partial charge in [-0.15, -0.1) is 11.3 Å². The van der Waals surface area contributed by atoms with Crippen molar-refractivity contribution in [2.75, 3.05) is 18.9 Å². The standard InChI is InChI=1S/C13H16N4OS/c1-3-14-10-4-5-12(15-6-10)13(18)17(2)7-11-8-19-9-16-11/h4-6,8-9,14H,3,7H2,1-2H3. The quantitative estimate of drug-likeness (QED) is 0.910. The fourth-order valence-corrected chi connectivity index (χ4v) is 2.20. The number of nitrogens with one attached hydrogen (secondary N) is 1. The minimum Gasteiger partial charge on any atom is -0.384 e. The summed E-state index contributed by atoms with van der Waals surface area (Å²) in [6.45, 7) is 3.35. The Morgan fingerprint density at radius 1 is 1.42 bits per heavy atom. The Labute approximate surface area is 116 Å². The van der Waals surface area contributed by atoms with Gasteiger partial charge in [0.05, 0.1) is 29.6 Å². The predicted octanol–water partition coefficient (Wildman–Crippen LogP) is 2.24. The maximum absolute atomic E-state index is 12.2. The van der Waals surface area contributed by atoms with Crippen molar-refractivity contribution in [3.8, 4) is 0 Å². The molecule has 0 atom stereocenters. The summed E-state index contributed by atoms with van der Waals surface area (Å²) in [7, 11) is 1.75. The molecule has 0 fully saturated rings. The molecule has 0 aliphatic carbocycles. The average Bonchev–Trinajstić information content (AvgIpc) is 2.92. The van der Waals surface area contributed by atoms with Gasteiger partial charge in [0.1, 0.15) is 5.69 Å². The Balaban J connectivity index is 2.02. The molecule has 0 aromatic carbocycles. The van der Waals surface area contributed by atoms with Crippen molar-refractivity contribution in [3.05, 3.63) is 40.6 Å². The Morgan fingerprint density at radius 2 is 2.26 bits per heavy atom. The second kappa shape index (κ2) is 6.29. The van der Waals surface area contributed by atoms with Gasteiger partial charge in [-0.1, -0.05) is 0 Å². The van der Waals surface area contributed by atoms with Gasteiger partial charge in [0.15, 0.2) is 0 Å². The first-order chi connectivity index (χ1) is 9.20. The first-order valence-corrected chi connectivity index (χ1v) is 6.97. The van der Waals surface area contributed by atoms with Crippen LogP contribution in [0.5, 0.6) is 0 Å². The van der Waals surface area contributed by atoms with Gasteiger partial charge in [0.25, 0.3) is 5.91 Å². The van der Waals surface area contributed by atoms with Crippen molar-refractivity contribution in [2.24, 2.45) is 0 Å². The number of carbonyl (C=O) groups excluding carboxylic acids is 1. The second-order valence-electron chi connectivity index (χ2n) is 4.10. The van der Waals surface area contributed by atoms with Crippen LogP contribution in [0.2, 0.25) is 0 Å². The molecule has 0 aliphatic rings. The Hall–Kier alpha value is -1.95. The van der Waals surface area contributed by atoms with E-state index in [4.69, 9.17) is 0 Å². The molecule has 0 aliphatic heterocycles. The van der Waals surface area contributed by atoms with Crippen LogP contribution in [-0.4, -0.2) is 34.4 Å². The fourth-order valence-electron chi connectivity index (χ4n) is 1.66. The highest BCUT2D eigenvalue weighted by Gasteiger charge is 2.13. The summed E-state index contributed by atoms with van der Waals surface area (Å²) in [5, 5.41) is 5.08. The Bertz CT molecular complexity index is 524. The lowest BCUT2D eigenvalue weighted by Gasteiger charge is -2.15. The number of rotatable bonds is 5. The Morgan fingerprint density at radius 3 is 2.84 bits per heavy atom. The maximum atomic E-state index is 12.2. The van der Waals surface area contributed by atoms with Crippen molar-refractivity contribution in [1.29, 1.82) is 0 Å². The summed E-state index contributed by atoms with van der Waals surface area (Å²) < 4.78 is 0. The minimum absolute atomic E-state index is 0.101. The van der Waals surface area contributed by atoms with E-state index in [0.717, 1.165) is 17.9 Å². The zero-order valence-corrected chi connectivity index (χ0v) is 11.8. The number of aromatic nitrogens is 2. The first kappa shape index (κ1) is 13.5. The molecular weight excluding hydrogens is 260 g/mol. The number of thiazole rings is 1. The van der Waals surface area contributed by atoms with Crippen LogP contribution in [0.1, 0.15) is 23.1 Å². The van der Waals surface area contributed by atoms with Gasteiger partial charge in [-0.25, -0.2) is 9.97 Å². The third-order valence-corrected chi connectivity index (χ3v) is 3.23. The van der Waals surface area contributed by atoms with E-state index < -0.39 is 0 Å². The van der Waals surface area contributed by atoms with Crippen LogP contribution < -0.4 is 5.32 Å². The highest BCUT2D eigenvalue weighted by molar-refractivity contribution is 7.07. The number of carbonyl (C=O) groups is 1. The maximum Gasteiger partial charge on any atom is 0.272 e. The van der Waals surface area contributed by atoms with Crippen molar-refractivity contribution in [3.63, 3.8) is 0 Å². The second-order valence-corrected chi connectivity index (χ2v) is 4.82. The molecule has 0 unspecified atom stereocenters. The fraction of sp³-hybridized carbons (Fsp3) is 0.308. The number of amides is 1. The number of nitrogens with zero attached hydrogens (tertiary/aromatic N) is 3. The van der Waals surface area contributed by atoms with E-state index in [2.05, 4.69) is 15.3 Å². The molecule has 100 valence electrons. The SMILES string of the molecule is CCNc1ccc(C(=O)N(C)Cc2cscn2)nc1. The number of hydrogen-bond acceptors (Lipinski definition) is 5. The summed E-state index contributed by atoms with van der Waals surface area (Å²) in [6, 6.07) is 3.60. The number of pyridine rings is 1. The largest absolute Gasteiger partial charge is 0.384 e. The molecule has 0 radical (unpaired) electrons. The van der Waals surface area contributed by atoms with E-state index in [1.807, 2.05) is 18.4 Å². The zero-order chi connectivity index (χ0) is 13.7. The molecule has 2 aromatic rings. The lowest BCUT2D eigenvalue weighted by Crippen LogP contribution is -2.27. The number of hydrogen-bond donors (Lipinski definition) is 1.